The van der Waals surface area contributed by atoms with E-state index in [0.717, 1.165) is 73.1 Å². The Hall–Kier alpha value is -5.05. The van der Waals surface area contributed by atoms with Crippen LogP contribution in [-0.2, 0) is 9.47 Å². The summed E-state index contributed by atoms with van der Waals surface area (Å²) in [5.74, 6) is 2.83. The zero-order chi connectivity index (χ0) is 48.3. The number of carbonyl (C=O) groups excluding carboxylic acids is 1. The van der Waals surface area contributed by atoms with Crippen molar-refractivity contribution in [3.05, 3.63) is 76.4 Å². The number of thiazole rings is 1. The first-order valence-corrected chi connectivity index (χ1v) is 23.9. The molecule has 67 heavy (non-hydrogen) atoms. The Balaban J connectivity index is 0.000000251. The highest BCUT2D eigenvalue weighted by molar-refractivity contribution is 7.13. The second kappa shape index (κ2) is 27.1. The molecule has 19 heteroatoms. The van der Waals surface area contributed by atoms with Gasteiger partial charge in [-0.1, -0.05) is 43.5 Å². The van der Waals surface area contributed by atoms with Gasteiger partial charge in [0.2, 0.25) is 0 Å². The smallest absolute Gasteiger partial charge is 0.356 e. The van der Waals surface area contributed by atoms with Crippen LogP contribution < -0.4 is 29.9 Å². The number of unbranched alkanes of at least 4 members (excludes halogenated alkanes) is 1. The second-order valence-electron chi connectivity index (χ2n) is 16.3. The maximum Gasteiger partial charge on any atom is 0.356 e. The topological polar surface area (TPSA) is 210 Å². The van der Waals surface area contributed by atoms with E-state index in [4.69, 9.17) is 45.5 Å². The van der Waals surface area contributed by atoms with Crippen molar-refractivity contribution in [2.75, 3.05) is 91.2 Å². The number of esters is 1. The molecule has 1 aliphatic rings. The molecule has 3 atom stereocenters. The van der Waals surface area contributed by atoms with Crippen LogP contribution >= 0.6 is 22.9 Å². The summed E-state index contributed by atoms with van der Waals surface area (Å²) in [7, 11) is 8.81. The molecule has 5 aromatic rings. The lowest BCUT2D eigenvalue weighted by atomic mass is 10.1. The normalized spacial score (nSPS) is 14.1. The summed E-state index contributed by atoms with van der Waals surface area (Å²) in [4.78, 5) is 40.0. The van der Waals surface area contributed by atoms with Gasteiger partial charge in [-0.2, -0.15) is 0 Å². The third kappa shape index (κ3) is 16.0. The molecule has 1 fully saturated rings. The van der Waals surface area contributed by atoms with Crippen LogP contribution in [0, 0.1) is 6.92 Å². The van der Waals surface area contributed by atoms with Gasteiger partial charge in [0.1, 0.15) is 59.3 Å². The number of benzene rings is 2. The zero-order valence-corrected chi connectivity index (χ0v) is 41.1. The number of carbonyl (C=O) groups is 1. The van der Waals surface area contributed by atoms with E-state index in [1.165, 1.54) is 7.11 Å². The third-order valence-corrected chi connectivity index (χ3v) is 12.2. The average molecular weight is 965 g/mol. The summed E-state index contributed by atoms with van der Waals surface area (Å²) >= 11 is 7.90. The number of hydrogen-bond acceptors (Lipinski definition) is 18. The number of aliphatic hydroxyl groups is 3. The first kappa shape index (κ1) is 52.9. The fraction of sp³-hybridized carbons (Fsp3) is 0.500. The number of anilines is 2. The van der Waals surface area contributed by atoms with Gasteiger partial charge in [-0.25, -0.2) is 29.7 Å². The van der Waals surface area contributed by atoms with Gasteiger partial charge in [-0.15, -0.1) is 11.3 Å². The number of nitrogens with one attached hydrogen (secondary N) is 2. The van der Waals surface area contributed by atoms with E-state index in [0.29, 0.717) is 59.3 Å². The first-order valence-electron chi connectivity index (χ1n) is 22.6. The molecular formula is C48H66ClN9O8S. The monoisotopic (exact) mass is 963 g/mol. The fourth-order valence-corrected chi connectivity index (χ4v) is 8.30. The molecule has 0 amide bonds. The third-order valence-electron chi connectivity index (χ3n) is 11.0. The van der Waals surface area contributed by atoms with Crippen molar-refractivity contribution < 1.29 is 39.1 Å². The predicted octanol–water partition coefficient (Wildman–Crippen LogP) is 6.07. The molecule has 1 aliphatic heterocycles. The lowest BCUT2D eigenvalue weighted by Crippen LogP contribution is -2.37. The first-order chi connectivity index (χ1) is 32.3. The Labute approximate surface area is 402 Å². The van der Waals surface area contributed by atoms with E-state index in [1.54, 1.807) is 49.7 Å². The van der Waals surface area contributed by atoms with Crippen molar-refractivity contribution in [2.45, 2.75) is 76.7 Å². The summed E-state index contributed by atoms with van der Waals surface area (Å²) in [6, 6.07) is 16.7. The second-order valence-corrected chi connectivity index (χ2v) is 17.6. The van der Waals surface area contributed by atoms with Crippen LogP contribution in [0.15, 0.2) is 60.0 Å². The van der Waals surface area contributed by atoms with Gasteiger partial charge in [-0.3, -0.25) is 0 Å². The van der Waals surface area contributed by atoms with Gasteiger partial charge in [-0.05, 0) is 77.0 Å². The number of aromatic nitrogens is 5. The average Bonchev–Trinajstić information content (AvgIpc) is 3.79. The molecule has 0 aliphatic carbocycles. The van der Waals surface area contributed by atoms with Gasteiger partial charge in [0.15, 0.2) is 17.3 Å². The molecule has 2 aromatic carbocycles. The molecule has 0 radical (unpaired) electrons. The minimum absolute atomic E-state index is 0.0464. The highest BCUT2D eigenvalue weighted by atomic mass is 35.5. The Morgan fingerprint density at radius 2 is 1.55 bits per heavy atom. The van der Waals surface area contributed by atoms with Crippen molar-refractivity contribution >= 4 is 40.5 Å². The van der Waals surface area contributed by atoms with Crippen LogP contribution in [0.3, 0.4) is 0 Å². The molecule has 3 unspecified atom stereocenters. The number of ether oxygens (including phenoxy) is 4. The zero-order valence-electron chi connectivity index (χ0n) is 39.6. The number of aryl methyl sites for hydroxylation is 1. The summed E-state index contributed by atoms with van der Waals surface area (Å²) in [5, 5.41) is 38.6. The SMILES string of the molecule is CCCCC(CCO)N(C)c1cc(C(=O)OC)nc(-c2cc(Cl)cc(OCC(O)CNC)c2)n1.CNCC(O)COc1cccc(-c2nc(-c3nc(C)cs3)cc(N(C)C3CCOCC3)n2)c1. The largest absolute Gasteiger partial charge is 0.491 e. The van der Waals surface area contributed by atoms with E-state index in [1.807, 2.05) is 54.6 Å². The Kier molecular flexibility index (Phi) is 21.4. The Bertz CT molecular complexity index is 2300. The molecule has 0 spiro atoms. The highest BCUT2D eigenvalue weighted by Crippen LogP contribution is 2.32. The molecule has 5 N–H and O–H groups in total. The van der Waals surface area contributed by atoms with E-state index in [2.05, 4.69) is 39.5 Å². The quantitative estimate of drug-likeness (QED) is 0.0471. The molecule has 6 rings (SSSR count). The van der Waals surface area contributed by atoms with Gasteiger partial charge < -0.3 is 54.7 Å². The van der Waals surface area contributed by atoms with E-state index >= 15 is 0 Å². The number of hydrogen-bond donors (Lipinski definition) is 5. The van der Waals surface area contributed by atoms with Crippen molar-refractivity contribution in [3.63, 3.8) is 0 Å². The highest BCUT2D eigenvalue weighted by Gasteiger charge is 2.23. The van der Waals surface area contributed by atoms with E-state index in [9.17, 15) is 20.1 Å². The Morgan fingerprint density at radius 3 is 2.19 bits per heavy atom. The minimum Gasteiger partial charge on any atom is -0.491 e. The van der Waals surface area contributed by atoms with Gasteiger partial charge in [0, 0.05) is 98.4 Å². The number of halogens is 1. The summed E-state index contributed by atoms with van der Waals surface area (Å²) in [5.41, 5.74) is 3.30. The van der Waals surface area contributed by atoms with Crippen LogP contribution in [0.25, 0.3) is 33.5 Å². The summed E-state index contributed by atoms with van der Waals surface area (Å²) in [6.07, 6.45) is 4.18. The van der Waals surface area contributed by atoms with Crippen LogP contribution in [0.1, 0.15) is 61.6 Å². The molecule has 4 heterocycles. The minimum atomic E-state index is -0.682. The van der Waals surface area contributed by atoms with Crippen LogP contribution in [0.4, 0.5) is 11.6 Å². The summed E-state index contributed by atoms with van der Waals surface area (Å²) < 4.78 is 21.9. The standard InChI is InChI=1S/C24H35ClN4O5.C24H31N5O3S/c1-5-6-7-18(8-9-30)29(3)22-13-21(24(32)33-4)27-23(28-22)16-10-17(25)12-20(11-16)34-15-19(31)14-26-2;1-16-15-33-24(26-16)21-12-22(29(3)18-7-9-31-10-8-18)28-23(27-21)17-5-4-6-20(11-17)32-14-19(30)13-25-2/h10-13,18-19,26,30-31H,5-9,14-15H2,1-4H3;4-6,11-12,15,18-19,25,30H,7-10,13-14H2,1-3H3. The molecule has 3 aromatic heterocycles. The molecule has 17 nitrogen and oxygen atoms in total. The number of nitrogens with zero attached hydrogens (tertiary/aromatic N) is 7. The lowest BCUT2D eigenvalue weighted by Gasteiger charge is -2.32. The number of rotatable bonds is 23. The molecule has 0 saturated carbocycles. The van der Waals surface area contributed by atoms with Crippen LogP contribution in [0.5, 0.6) is 11.5 Å². The van der Waals surface area contributed by atoms with Gasteiger partial charge >= 0.3 is 5.97 Å². The van der Waals surface area contributed by atoms with Crippen molar-refractivity contribution in [2.24, 2.45) is 0 Å². The molecule has 1 saturated heterocycles. The Morgan fingerprint density at radius 1 is 0.881 bits per heavy atom. The maximum absolute atomic E-state index is 12.4. The van der Waals surface area contributed by atoms with E-state index in [-0.39, 0.29) is 37.4 Å². The summed E-state index contributed by atoms with van der Waals surface area (Å²) in [6.45, 7) is 6.84. The number of methoxy groups -OCH3 is 1. The van der Waals surface area contributed by atoms with Crippen molar-refractivity contribution in [1.29, 1.82) is 0 Å². The van der Waals surface area contributed by atoms with E-state index < -0.39 is 18.2 Å². The van der Waals surface area contributed by atoms with Crippen molar-refractivity contribution in [3.8, 4) is 45.0 Å². The number of aliphatic hydroxyl groups excluding tert-OH is 3. The van der Waals surface area contributed by atoms with Gasteiger partial charge in [0.25, 0.3) is 0 Å². The lowest BCUT2D eigenvalue weighted by molar-refractivity contribution is 0.0594. The molecule has 0 bridgehead atoms. The molecule has 364 valence electrons. The maximum atomic E-state index is 12.4. The van der Waals surface area contributed by atoms with Crippen LogP contribution in [0.2, 0.25) is 5.02 Å². The van der Waals surface area contributed by atoms with Gasteiger partial charge in [0.05, 0.1) is 7.11 Å². The van der Waals surface area contributed by atoms with Crippen LogP contribution in [-0.4, -0.2) is 152 Å². The fourth-order valence-electron chi connectivity index (χ4n) is 7.32. The number of likely N-dealkylation sites (N-methyl/N-ethyl adjacent to an activating group) is 2. The molecular weight excluding hydrogens is 898 g/mol. The van der Waals surface area contributed by atoms with Crippen molar-refractivity contribution in [1.82, 2.24) is 35.6 Å². The predicted molar refractivity (Wildman–Crippen MR) is 264 cm³/mol.